The van der Waals surface area contributed by atoms with E-state index in [2.05, 4.69) is 15.7 Å². The second kappa shape index (κ2) is 9.14. The van der Waals surface area contributed by atoms with Gasteiger partial charge in [0.25, 0.3) is 11.8 Å². The third-order valence-corrected chi connectivity index (χ3v) is 6.83. The van der Waals surface area contributed by atoms with Gasteiger partial charge >= 0.3 is 0 Å². The molecule has 8 heteroatoms. The normalized spacial score (nSPS) is 20.8. The van der Waals surface area contributed by atoms with E-state index < -0.39 is 5.54 Å². The summed E-state index contributed by atoms with van der Waals surface area (Å²) in [5.74, 6) is -0.760. The van der Waals surface area contributed by atoms with Crippen molar-refractivity contribution in [1.29, 1.82) is 0 Å². The van der Waals surface area contributed by atoms with Crippen LogP contribution in [-0.2, 0) is 17.8 Å². The van der Waals surface area contributed by atoms with Crippen molar-refractivity contribution in [1.82, 2.24) is 25.3 Å². The van der Waals surface area contributed by atoms with Crippen LogP contribution in [0.25, 0.3) is 0 Å². The summed E-state index contributed by atoms with van der Waals surface area (Å²) >= 11 is 0. The van der Waals surface area contributed by atoms with Crippen LogP contribution < -0.4 is 10.6 Å². The highest BCUT2D eigenvalue weighted by Crippen LogP contribution is 2.30. The lowest BCUT2D eigenvalue weighted by Gasteiger charge is -2.43. The van der Waals surface area contributed by atoms with E-state index in [0.717, 1.165) is 31.2 Å². The van der Waals surface area contributed by atoms with E-state index in [1.807, 2.05) is 37.3 Å². The summed E-state index contributed by atoms with van der Waals surface area (Å²) in [7, 11) is 1.66. The SMILES string of the molecule is CCC1(C(=O)NC2CCCC2)Cn2nc(C(=O)NCCc3ccccc3)cc2C(=O)N1C. The molecule has 170 valence electrons. The minimum atomic E-state index is -1.01. The number of hydrogen-bond acceptors (Lipinski definition) is 4. The van der Waals surface area contributed by atoms with Gasteiger partial charge in [0.1, 0.15) is 11.2 Å². The van der Waals surface area contributed by atoms with Gasteiger partial charge in [-0.1, -0.05) is 50.1 Å². The standard InChI is InChI=1S/C24H31N5O3/c1-3-24(23(32)26-18-11-7-8-12-18)16-29-20(22(31)28(24)2)15-19(27-29)21(30)25-14-13-17-9-5-4-6-10-17/h4-6,9-10,15,18H,3,7-8,11-14,16H2,1-2H3,(H,25,30)(H,26,32). The van der Waals surface area contributed by atoms with Crippen LogP contribution in [0.15, 0.2) is 36.4 Å². The summed E-state index contributed by atoms with van der Waals surface area (Å²) in [5, 5.41) is 10.4. The zero-order valence-corrected chi connectivity index (χ0v) is 18.8. The number of rotatable bonds is 7. The third kappa shape index (κ3) is 4.13. The van der Waals surface area contributed by atoms with E-state index >= 15 is 0 Å². The molecule has 1 unspecified atom stereocenters. The topological polar surface area (TPSA) is 96.3 Å². The molecule has 2 aliphatic rings. The molecule has 1 aromatic heterocycles. The van der Waals surface area contributed by atoms with Gasteiger partial charge in [-0.15, -0.1) is 0 Å². The van der Waals surface area contributed by atoms with Crippen molar-refractivity contribution in [2.24, 2.45) is 0 Å². The summed E-state index contributed by atoms with van der Waals surface area (Å²) < 4.78 is 1.52. The first-order valence-electron chi connectivity index (χ1n) is 11.4. The van der Waals surface area contributed by atoms with Gasteiger partial charge in [-0.05, 0) is 31.2 Å². The summed E-state index contributed by atoms with van der Waals surface area (Å²) in [6.45, 7) is 2.61. The molecule has 1 saturated carbocycles. The van der Waals surface area contributed by atoms with Crippen LogP contribution in [-0.4, -0.2) is 57.6 Å². The van der Waals surface area contributed by atoms with E-state index in [9.17, 15) is 14.4 Å². The Morgan fingerprint density at radius 2 is 1.91 bits per heavy atom. The Morgan fingerprint density at radius 3 is 2.59 bits per heavy atom. The molecule has 1 aliphatic carbocycles. The molecule has 2 N–H and O–H groups in total. The number of nitrogens with one attached hydrogen (secondary N) is 2. The van der Waals surface area contributed by atoms with Crippen molar-refractivity contribution in [2.75, 3.05) is 13.6 Å². The van der Waals surface area contributed by atoms with E-state index in [1.54, 1.807) is 7.05 Å². The predicted molar refractivity (Wildman–Crippen MR) is 120 cm³/mol. The zero-order valence-electron chi connectivity index (χ0n) is 18.8. The lowest BCUT2D eigenvalue weighted by atomic mass is 9.90. The fourth-order valence-electron chi connectivity index (χ4n) is 4.72. The molecule has 1 aliphatic heterocycles. The van der Waals surface area contributed by atoms with Gasteiger partial charge in [-0.25, -0.2) is 0 Å². The maximum Gasteiger partial charge on any atom is 0.272 e. The van der Waals surface area contributed by atoms with Gasteiger partial charge in [0, 0.05) is 25.7 Å². The quantitative estimate of drug-likeness (QED) is 0.694. The molecule has 0 radical (unpaired) electrons. The molecule has 0 spiro atoms. The van der Waals surface area contributed by atoms with Crippen LogP contribution in [0.5, 0.6) is 0 Å². The highest BCUT2D eigenvalue weighted by atomic mass is 16.2. The van der Waals surface area contributed by atoms with E-state index in [0.29, 0.717) is 25.1 Å². The monoisotopic (exact) mass is 437 g/mol. The first kappa shape index (κ1) is 22.0. The lowest BCUT2D eigenvalue weighted by Crippen LogP contribution is -2.65. The summed E-state index contributed by atoms with van der Waals surface area (Å²) in [4.78, 5) is 40.5. The van der Waals surface area contributed by atoms with Crippen LogP contribution in [0.3, 0.4) is 0 Å². The minimum absolute atomic E-state index is 0.141. The minimum Gasteiger partial charge on any atom is -0.351 e. The fraction of sp³-hybridized carbons (Fsp3) is 0.500. The van der Waals surface area contributed by atoms with Crippen LogP contribution in [0.4, 0.5) is 0 Å². The molecule has 2 heterocycles. The van der Waals surface area contributed by atoms with Crippen molar-refractivity contribution in [3.63, 3.8) is 0 Å². The second-order valence-corrected chi connectivity index (χ2v) is 8.77. The second-order valence-electron chi connectivity index (χ2n) is 8.77. The summed E-state index contributed by atoms with van der Waals surface area (Å²) in [6.07, 6.45) is 5.36. The number of likely N-dealkylation sites (N-methyl/N-ethyl adjacent to an activating group) is 1. The smallest absolute Gasteiger partial charge is 0.272 e. The molecule has 1 fully saturated rings. The summed E-state index contributed by atoms with van der Waals surface area (Å²) in [6, 6.07) is 11.6. The van der Waals surface area contributed by atoms with Crippen molar-refractivity contribution < 1.29 is 14.4 Å². The molecule has 8 nitrogen and oxygen atoms in total. The number of fused-ring (bicyclic) bond motifs is 1. The number of carbonyl (C=O) groups is 3. The van der Waals surface area contributed by atoms with Gasteiger partial charge < -0.3 is 15.5 Å². The number of amides is 3. The van der Waals surface area contributed by atoms with E-state index in [1.165, 1.54) is 15.6 Å². The Labute approximate surface area is 188 Å². The largest absolute Gasteiger partial charge is 0.351 e. The lowest BCUT2D eigenvalue weighted by molar-refractivity contribution is -0.134. The van der Waals surface area contributed by atoms with Gasteiger partial charge in [-0.3, -0.25) is 19.1 Å². The van der Waals surface area contributed by atoms with E-state index in [4.69, 9.17) is 0 Å². The maximum atomic E-state index is 13.3. The molecule has 1 aromatic carbocycles. The molecule has 4 rings (SSSR count). The van der Waals surface area contributed by atoms with Crippen LogP contribution >= 0.6 is 0 Å². The number of nitrogens with zero attached hydrogens (tertiary/aromatic N) is 3. The number of carbonyl (C=O) groups excluding carboxylic acids is 3. The maximum absolute atomic E-state index is 13.3. The number of aromatic nitrogens is 2. The van der Waals surface area contributed by atoms with Crippen LogP contribution in [0.1, 0.15) is 65.6 Å². The van der Waals surface area contributed by atoms with Crippen LogP contribution in [0, 0.1) is 0 Å². The average Bonchev–Trinajstić information content (AvgIpc) is 3.47. The summed E-state index contributed by atoms with van der Waals surface area (Å²) in [5.41, 5.74) is 0.644. The number of hydrogen-bond donors (Lipinski definition) is 2. The van der Waals surface area contributed by atoms with Gasteiger partial charge in [0.2, 0.25) is 5.91 Å². The van der Waals surface area contributed by atoms with Gasteiger partial charge in [0.15, 0.2) is 5.69 Å². The zero-order chi connectivity index (χ0) is 22.7. The number of benzene rings is 1. The van der Waals surface area contributed by atoms with Crippen molar-refractivity contribution >= 4 is 17.7 Å². The first-order valence-corrected chi connectivity index (χ1v) is 11.4. The van der Waals surface area contributed by atoms with Gasteiger partial charge in [-0.2, -0.15) is 5.10 Å². The Morgan fingerprint density at radius 1 is 1.19 bits per heavy atom. The van der Waals surface area contributed by atoms with E-state index in [-0.39, 0.29) is 36.0 Å². The van der Waals surface area contributed by atoms with Crippen LogP contribution in [0.2, 0.25) is 0 Å². The molecule has 0 saturated heterocycles. The molecule has 1 atom stereocenters. The predicted octanol–water partition coefficient (Wildman–Crippen LogP) is 2.15. The van der Waals surface area contributed by atoms with Crippen molar-refractivity contribution in [2.45, 2.75) is 63.6 Å². The fourth-order valence-corrected chi connectivity index (χ4v) is 4.72. The molecule has 32 heavy (non-hydrogen) atoms. The Balaban J connectivity index is 1.47. The third-order valence-electron chi connectivity index (χ3n) is 6.83. The molecule has 0 bridgehead atoms. The molecular weight excluding hydrogens is 406 g/mol. The molecule has 3 amide bonds. The Kier molecular flexibility index (Phi) is 6.30. The van der Waals surface area contributed by atoms with Crippen molar-refractivity contribution in [3.05, 3.63) is 53.3 Å². The molecular formula is C24H31N5O3. The highest BCUT2D eigenvalue weighted by Gasteiger charge is 2.49. The van der Waals surface area contributed by atoms with Crippen molar-refractivity contribution in [3.8, 4) is 0 Å². The average molecular weight is 438 g/mol. The highest BCUT2D eigenvalue weighted by molar-refractivity contribution is 6.01. The molecule has 2 aromatic rings. The Hall–Kier alpha value is -3.16. The van der Waals surface area contributed by atoms with Gasteiger partial charge in [0.05, 0.1) is 6.54 Å². The Bertz CT molecular complexity index is 996. The first-order chi connectivity index (χ1) is 15.4.